The summed E-state index contributed by atoms with van der Waals surface area (Å²) in [5.74, 6) is 0.898. The highest BCUT2D eigenvalue weighted by Gasteiger charge is 2.01. The lowest BCUT2D eigenvalue weighted by molar-refractivity contribution is 0.975. The minimum absolute atomic E-state index is 0.892. The van der Waals surface area contributed by atoms with Gasteiger partial charge in [0, 0.05) is 19.8 Å². The van der Waals surface area contributed by atoms with Gasteiger partial charge in [-0.1, -0.05) is 6.08 Å². The first-order valence-electron chi connectivity index (χ1n) is 4.64. The normalized spacial score (nSPS) is 14.5. The molecule has 0 unspecified atom stereocenters. The van der Waals surface area contributed by atoms with Crippen LogP contribution in [0, 0.1) is 0 Å². The first-order chi connectivity index (χ1) is 6.90. The lowest BCUT2D eigenvalue weighted by Gasteiger charge is -2.09. The van der Waals surface area contributed by atoms with Gasteiger partial charge in [-0.25, -0.2) is 4.98 Å². The highest BCUT2D eigenvalue weighted by molar-refractivity contribution is 5.75. The van der Waals surface area contributed by atoms with Crippen molar-refractivity contribution in [2.24, 2.45) is 0 Å². The van der Waals surface area contributed by atoms with Crippen LogP contribution in [0.5, 0.6) is 0 Å². The number of nitrogens with one attached hydrogen (secondary N) is 2. The molecule has 0 saturated carbocycles. The number of rotatable bonds is 2. The van der Waals surface area contributed by atoms with Gasteiger partial charge in [0.05, 0.1) is 0 Å². The highest BCUT2D eigenvalue weighted by atomic mass is 14.9. The first kappa shape index (κ1) is 8.81. The van der Waals surface area contributed by atoms with Gasteiger partial charge in [0.2, 0.25) is 0 Å². The molecular formula is C11H13N3. The summed E-state index contributed by atoms with van der Waals surface area (Å²) in [4.78, 5) is 4.17. The van der Waals surface area contributed by atoms with Crippen LogP contribution < -0.4 is 10.6 Å². The molecule has 0 aromatic carbocycles. The summed E-state index contributed by atoms with van der Waals surface area (Å²) in [5.41, 5.74) is 2.43. The molecule has 1 aliphatic rings. The summed E-state index contributed by atoms with van der Waals surface area (Å²) in [6.45, 7) is 0.892. The molecule has 0 bridgehead atoms. The van der Waals surface area contributed by atoms with Gasteiger partial charge in [0.1, 0.15) is 5.82 Å². The zero-order valence-electron chi connectivity index (χ0n) is 8.12. The Morgan fingerprint density at radius 2 is 2.43 bits per heavy atom. The number of dihydropyridines is 1. The number of nitrogens with zero attached hydrogens (tertiary/aromatic N) is 1. The number of hydrogen-bond donors (Lipinski definition) is 2. The lowest BCUT2D eigenvalue weighted by atomic mass is 10.1. The smallest absolute Gasteiger partial charge is 0.126 e. The molecule has 1 aromatic heterocycles. The van der Waals surface area contributed by atoms with Gasteiger partial charge in [-0.2, -0.15) is 0 Å². The molecule has 0 spiro atoms. The van der Waals surface area contributed by atoms with Gasteiger partial charge < -0.3 is 10.6 Å². The third kappa shape index (κ3) is 1.76. The highest BCUT2D eigenvalue weighted by Crippen LogP contribution is 2.18. The largest absolute Gasteiger partial charge is 0.387 e. The fourth-order valence-corrected chi connectivity index (χ4v) is 1.41. The summed E-state index contributed by atoms with van der Waals surface area (Å²) < 4.78 is 0. The Morgan fingerprint density at radius 3 is 3.14 bits per heavy atom. The van der Waals surface area contributed by atoms with Crippen molar-refractivity contribution in [3.05, 3.63) is 42.2 Å². The Hall–Kier alpha value is -1.77. The van der Waals surface area contributed by atoms with E-state index in [1.165, 1.54) is 11.1 Å². The Morgan fingerprint density at radius 1 is 1.50 bits per heavy atom. The zero-order chi connectivity index (χ0) is 9.80. The van der Waals surface area contributed by atoms with Crippen LogP contribution in [-0.2, 0) is 0 Å². The summed E-state index contributed by atoms with van der Waals surface area (Å²) in [6.07, 6.45) is 8.01. The number of allylic oxidation sites excluding steroid dienone is 2. The average molecular weight is 187 g/mol. The predicted octanol–water partition coefficient (Wildman–Crippen LogP) is 1.62. The first-order valence-corrected chi connectivity index (χ1v) is 4.64. The maximum Gasteiger partial charge on any atom is 0.126 e. The van der Waals surface area contributed by atoms with Gasteiger partial charge in [-0.05, 0) is 35.5 Å². The standard InChI is InChI=1S/C11H13N3/c1-12-11-8-10(4-7-14-11)9-2-5-13-6-3-9/h2-5,7-8,13H,6H2,1H3,(H,12,14). The number of pyridine rings is 1. The van der Waals surface area contributed by atoms with Crippen molar-refractivity contribution in [1.29, 1.82) is 0 Å². The van der Waals surface area contributed by atoms with Gasteiger partial charge in [0.25, 0.3) is 0 Å². The minimum atomic E-state index is 0.892. The molecule has 2 heterocycles. The molecule has 0 amide bonds. The van der Waals surface area contributed by atoms with Gasteiger partial charge in [0.15, 0.2) is 0 Å². The molecule has 2 rings (SSSR count). The zero-order valence-corrected chi connectivity index (χ0v) is 8.12. The van der Waals surface area contributed by atoms with Crippen LogP contribution in [0.2, 0.25) is 0 Å². The van der Waals surface area contributed by atoms with Gasteiger partial charge in [-0.3, -0.25) is 0 Å². The maximum absolute atomic E-state index is 4.17. The summed E-state index contributed by atoms with van der Waals surface area (Å²) >= 11 is 0. The van der Waals surface area contributed by atoms with Crippen LogP contribution in [0.15, 0.2) is 36.7 Å². The van der Waals surface area contributed by atoms with Gasteiger partial charge >= 0.3 is 0 Å². The molecule has 0 radical (unpaired) electrons. The average Bonchev–Trinajstić information content (AvgIpc) is 2.30. The Bertz CT molecular complexity index is 380. The van der Waals surface area contributed by atoms with Crippen LogP contribution >= 0.6 is 0 Å². The molecule has 1 aliphatic heterocycles. The maximum atomic E-state index is 4.17. The Kier molecular flexibility index (Phi) is 2.49. The van der Waals surface area contributed by atoms with E-state index in [1.54, 1.807) is 0 Å². The van der Waals surface area contributed by atoms with E-state index in [4.69, 9.17) is 0 Å². The molecule has 1 aromatic rings. The Labute approximate surface area is 83.6 Å². The van der Waals surface area contributed by atoms with Crippen molar-refractivity contribution in [2.75, 3.05) is 18.9 Å². The van der Waals surface area contributed by atoms with Crippen LogP contribution in [0.1, 0.15) is 5.56 Å². The molecule has 3 heteroatoms. The second-order valence-corrected chi connectivity index (χ2v) is 3.08. The van der Waals surface area contributed by atoms with E-state index in [0.29, 0.717) is 0 Å². The Balaban J connectivity index is 2.31. The predicted molar refractivity (Wildman–Crippen MR) is 58.9 cm³/mol. The molecule has 2 N–H and O–H groups in total. The summed E-state index contributed by atoms with van der Waals surface area (Å²) in [5, 5.41) is 6.15. The SMILES string of the molecule is CNc1cc(C2=CCNC=C2)ccn1. The van der Waals surface area contributed by atoms with E-state index in [2.05, 4.69) is 27.8 Å². The van der Waals surface area contributed by atoms with Crippen LogP contribution in [-0.4, -0.2) is 18.6 Å². The van der Waals surface area contributed by atoms with Gasteiger partial charge in [-0.15, -0.1) is 0 Å². The molecule has 0 fully saturated rings. The van der Waals surface area contributed by atoms with E-state index < -0.39 is 0 Å². The monoisotopic (exact) mass is 187 g/mol. The van der Waals surface area contributed by atoms with E-state index in [-0.39, 0.29) is 0 Å². The van der Waals surface area contributed by atoms with Crippen LogP contribution in [0.4, 0.5) is 5.82 Å². The third-order valence-corrected chi connectivity index (χ3v) is 2.17. The second kappa shape index (κ2) is 3.96. The summed E-state index contributed by atoms with van der Waals surface area (Å²) in [6, 6.07) is 4.06. The third-order valence-electron chi connectivity index (χ3n) is 2.17. The fraction of sp³-hybridized carbons (Fsp3) is 0.182. The molecule has 14 heavy (non-hydrogen) atoms. The van der Waals surface area contributed by atoms with Crippen molar-refractivity contribution in [3.63, 3.8) is 0 Å². The quantitative estimate of drug-likeness (QED) is 0.738. The topological polar surface area (TPSA) is 37.0 Å². The lowest BCUT2D eigenvalue weighted by Crippen LogP contribution is -2.08. The molecule has 3 nitrogen and oxygen atoms in total. The number of hydrogen-bond acceptors (Lipinski definition) is 3. The van der Waals surface area contributed by atoms with Crippen LogP contribution in [0.25, 0.3) is 5.57 Å². The van der Waals surface area contributed by atoms with E-state index in [1.807, 2.05) is 31.6 Å². The van der Waals surface area contributed by atoms with Crippen molar-refractivity contribution >= 4 is 11.4 Å². The van der Waals surface area contributed by atoms with Crippen molar-refractivity contribution in [2.45, 2.75) is 0 Å². The van der Waals surface area contributed by atoms with Crippen molar-refractivity contribution in [1.82, 2.24) is 10.3 Å². The molecular weight excluding hydrogens is 174 g/mol. The second-order valence-electron chi connectivity index (χ2n) is 3.08. The fourth-order valence-electron chi connectivity index (χ4n) is 1.41. The van der Waals surface area contributed by atoms with E-state index in [0.717, 1.165) is 12.4 Å². The van der Waals surface area contributed by atoms with E-state index in [9.17, 15) is 0 Å². The summed E-state index contributed by atoms with van der Waals surface area (Å²) in [7, 11) is 1.87. The molecule has 0 saturated heterocycles. The van der Waals surface area contributed by atoms with Crippen molar-refractivity contribution in [3.8, 4) is 0 Å². The van der Waals surface area contributed by atoms with E-state index >= 15 is 0 Å². The van der Waals surface area contributed by atoms with Crippen molar-refractivity contribution < 1.29 is 0 Å². The number of aromatic nitrogens is 1. The van der Waals surface area contributed by atoms with Crippen LogP contribution in [0.3, 0.4) is 0 Å². The molecule has 0 aliphatic carbocycles. The minimum Gasteiger partial charge on any atom is -0.387 e. The number of anilines is 1. The molecule has 72 valence electrons. The molecule has 0 atom stereocenters.